The molecule has 3 rings (SSSR count). The number of rotatable bonds is 1. The van der Waals surface area contributed by atoms with Crippen molar-refractivity contribution in [2.75, 3.05) is 29.9 Å². The summed E-state index contributed by atoms with van der Waals surface area (Å²) in [7, 11) is 0. The van der Waals surface area contributed by atoms with Gasteiger partial charge in [-0.15, -0.1) is 0 Å². The monoisotopic (exact) mass is 265 g/mol. The number of benzene rings is 1. The summed E-state index contributed by atoms with van der Waals surface area (Å²) in [4.78, 5) is 2.40. The maximum atomic E-state index is 6.45. The molecule has 2 aliphatic rings. The van der Waals surface area contributed by atoms with Crippen molar-refractivity contribution in [1.82, 2.24) is 5.32 Å². The van der Waals surface area contributed by atoms with E-state index < -0.39 is 0 Å². The van der Waals surface area contributed by atoms with Crippen LogP contribution in [0.3, 0.4) is 0 Å². The second-order valence-corrected chi connectivity index (χ2v) is 5.92. The van der Waals surface area contributed by atoms with Crippen LogP contribution in [-0.2, 0) is 6.42 Å². The first-order valence-electron chi connectivity index (χ1n) is 6.71. The molecule has 1 aromatic carbocycles. The highest BCUT2D eigenvalue weighted by Gasteiger charge is 2.24. The number of piperazine rings is 1. The van der Waals surface area contributed by atoms with E-state index >= 15 is 0 Å². The van der Waals surface area contributed by atoms with E-state index in [2.05, 4.69) is 41.5 Å². The van der Waals surface area contributed by atoms with Crippen molar-refractivity contribution in [2.24, 2.45) is 0 Å². The van der Waals surface area contributed by atoms with Gasteiger partial charge in [0.25, 0.3) is 0 Å². The number of fused-ring (bicyclic) bond motifs is 1. The van der Waals surface area contributed by atoms with E-state index in [0.717, 1.165) is 31.1 Å². The second kappa shape index (κ2) is 4.63. The van der Waals surface area contributed by atoms with Crippen molar-refractivity contribution >= 4 is 23.0 Å². The Morgan fingerprint density at radius 2 is 1.94 bits per heavy atom. The van der Waals surface area contributed by atoms with Gasteiger partial charge in [-0.05, 0) is 38.0 Å². The fourth-order valence-electron chi connectivity index (χ4n) is 3.07. The predicted octanol–water partition coefficient (Wildman–Crippen LogP) is 2.49. The number of nitrogens with zero attached hydrogens (tertiary/aromatic N) is 1. The van der Waals surface area contributed by atoms with Crippen LogP contribution < -0.4 is 15.5 Å². The molecule has 1 fully saturated rings. The predicted molar refractivity (Wildman–Crippen MR) is 77.9 cm³/mol. The van der Waals surface area contributed by atoms with Crippen LogP contribution in [0.4, 0.5) is 11.4 Å². The highest BCUT2D eigenvalue weighted by atomic mass is 35.5. The zero-order valence-corrected chi connectivity index (χ0v) is 11.7. The lowest BCUT2D eigenvalue weighted by atomic mass is 10.1. The molecule has 0 unspecified atom stereocenters. The van der Waals surface area contributed by atoms with Gasteiger partial charge >= 0.3 is 0 Å². The van der Waals surface area contributed by atoms with Crippen molar-refractivity contribution in [3.8, 4) is 0 Å². The molecule has 0 saturated carbocycles. The van der Waals surface area contributed by atoms with Crippen LogP contribution in [0.1, 0.15) is 19.4 Å². The fraction of sp³-hybridized carbons (Fsp3) is 0.571. The Morgan fingerprint density at radius 1 is 1.22 bits per heavy atom. The second-order valence-electron chi connectivity index (χ2n) is 5.51. The quantitative estimate of drug-likeness (QED) is 0.817. The van der Waals surface area contributed by atoms with Crippen LogP contribution in [0.2, 0.25) is 5.02 Å². The van der Waals surface area contributed by atoms with E-state index in [9.17, 15) is 0 Å². The molecule has 2 atom stereocenters. The number of hydrogen-bond acceptors (Lipinski definition) is 3. The molecule has 0 spiro atoms. The Balaban J connectivity index is 1.91. The molecule has 0 amide bonds. The van der Waals surface area contributed by atoms with E-state index in [0.29, 0.717) is 12.1 Å². The Labute approximate surface area is 114 Å². The molecule has 98 valence electrons. The van der Waals surface area contributed by atoms with Gasteiger partial charge in [0, 0.05) is 37.4 Å². The van der Waals surface area contributed by atoms with Crippen molar-refractivity contribution in [3.63, 3.8) is 0 Å². The zero-order valence-electron chi connectivity index (χ0n) is 11.0. The van der Waals surface area contributed by atoms with Crippen LogP contribution in [-0.4, -0.2) is 31.7 Å². The highest BCUT2D eigenvalue weighted by molar-refractivity contribution is 6.33. The first-order chi connectivity index (χ1) is 8.63. The van der Waals surface area contributed by atoms with E-state index in [1.54, 1.807) is 0 Å². The maximum absolute atomic E-state index is 6.45. The van der Waals surface area contributed by atoms with Crippen molar-refractivity contribution in [3.05, 3.63) is 22.7 Å². The van der Waals surface area contributed by atoms with Gasteiger partial charge < -0.3 is 15.5 Å². The van der Waals surface area contributed by atoms with Gasteiger partial charge in [-0.1, -0.05) is 11.6 Å². The van der Waals surface area contributed by atoms with Gasteiger partial charge in [0.1, 0.15) is 0 Å². The highest BCUT2D eigenvalue weighted by Crippen LogP contribution is 2.35. The Morgan fingerprint density at radius 3 is 2.67 bits per heavy atom. The van der Waals surface area contributed by atoms with Gasteiger partial charge in [0.2, 0.25) is 0 Å². The number of halogens is 1. The smallest absolute Gasteiger partial charge is 0.0643 e. The van der Waals surface area contributed by atoms with Gasteiger partial charge in [-0.3, -0.25) is 0 Å². The summed E-state index contributed by atoms with van der Waals surface area (Å²) >= 11 is 6.45. The minimum atomic E-state index is 0.506. The van der Waals surface area contributed by atoms with Crippen molar-refractivity contribution in [1.29, 1.82) is 0 Å². The molecule has 1 saturated heterocycles. The Bertz CT molecular complexity index is 451. The van der Waals surface area contributed by atoms with Crippen LogP contribution in [0.15, 0.2) is 12.1 Å². The van der Waals surface area contributed by atoms with E-state index in [4.69, 9.17) is 11.6 Å². The average Bonchev–Trinajstić information content (AvgIpc) is 2.73. The Hall–Kier alpha value is -0.930. The minimum Gasteiger partial charge on any atom is -0.384 e. The summed E-state index contributed by atoms with van der Waals surface area (Å²) in [6, 6.07) is 5.36. The third kappa shape index (κ3) is 2.17. The minimum absolute atomic E-state index is 0.506. The number of nitrogens with one attached hydrogen (secondary N) is 2. The van der Waals surface area contributed by atoms with Gasteiger partial charge in [-0.2, -0.15) is 0 Å². The molecule has 2 N–H and O–H groups in total. The molecule has 3 nitrogen and oxygen atoms in total. The van der Waals surface area contributed by atoms with Crippen LogP contribution in [0, 0.1) is 0 Å². The lowest BCUT2D eigenvalue weighted by molar-refractivity contribution is 0.407. The summed E-state index contributed by atoms with van der Waals surface area (Å²) in [6.45, 7) is 7.51. The maximum Gasteiger partial charge on any atom is 0.0643 e. The molecule has 2 aliphatic heterocycles. The summed E-state index contributed by atoms with van der Waals surface area (Å²) in [5.41, 5.74) is 3.78. The lowest BCUT2D eigenvalue weighted by Crippen LogP contribution is -2.54. The van der Waals surface area contributed by atoms with Crippen LogP contribution in [0.25, 0.3) is 0 Å². The molecule has 0 aliphatic carbocycles. The standard InChI is InChI=1S/C14H20ClN3/c1-9-7-18(8-10(2)17-9)14-6-13-11(3-4-16-13)5-12(14)15/h5-6,9-10,16-17H,3-4,7-8H2,1-2H3/t9-,10+. The van der Waals surface area contributed by atoms with Gasteiger partial charge in [-0.25, -0.2) is 0 Å². The molecule has 0 radical (unpaired) electrons. The zero-order chi connectivity index (χ0) is 12.7. The largest absolute Gasteiger partial charge is 0.384 e. The van der Waals surface area contributed by atoms with E-state index in [1.165, 1.54) is 16.9 Å². The van der Waals surface area contributed by atoms with Crippen LogP contribution >= 0.6 is 11.6 Å². The average molecular weight is 266 g/mol. The Kier molecular flexibility index (Phi) is 3.12. The lowest BCUT2D eigenvalue weighted by Gasteiger charge is -2.38. The molecular weight excluding hydrogens is 246 g/mol. The molecule has 1 aromatic rings. The molecule has 2 heterocycles. The van der Waals surface area contributed by atoms with Gasteiger partial charge in [0.15, 0.2) is 0 Å². The summed E-state index contributed by atoms with van der Waals surface area (Å²) < 4.78 is 0. The molecule has 0 aromatic heterocycles. The summed E-state index contributed by atoms with van der Waals surface area (Å²) in [6.07, 6.45) is 1.09. The number of hydrogen-bond donors (Lipinski definition) is 2. The third-order valence-corrected chi connectivity index (χ3v) is 4.08. The van der Waals surface area contributed by atoms with Crippen LogP contribution in [0.5, 0.6) is 0 Å². The van der Waals surface area contributed by atoms with Gasteiger partial charge in [0.05, 0.1) is 10.7 Å². The van der Waals surface area contributed by atoms with Crippen molar-refractivity contribution < 1.29 is 0 Å². The first-order valence-corrected chi connectivity index (χ1v) is 7.08. The van der Waals surface area contributed by atoms with E-state index in [-0.39, 0.29) is 0 Å². The molecule has 4 heteroatoms. The van der Waals surface area contributed by atoms with Crippen molar-refractivity contribution in [2.45, 2.75) is 32.4 Å². The molecule has 0 bridgehead atoms. The summed E-state index contributed by atoms with van der Waals surface area (Å²) in [5, 5.41) is 7.87. The third-order valence-electron chi connectivity index (χ3n) is 3.78. The topological polar surface area (TPSA) is 27.3 Å². The molecule has 18 heavy (non-hydrogen) atoms. The number of anilines is 2. The summed E-state index contributed by atoms with van der Waals surface area (Å²) in [5.74, 6) is 0. The fourth-order valence-corrected chi connectivity index (χ4v) is 3.38. The first kappa shape index (κ1) is 12.1. The molecular formula is C14H20ClN3. The normalized spacial score (nSPS) is 26.9. The SMILES string of the molecule is C[C@@H]1CN(c2cc3c(cc2Cl)CCN3)C[C@H](C)N1. The van der Waals surface area contributed by atoms with E-state index in [1.807, 2.05) is 0 Å².